The number of hydrogen-bond donors (Lipinski definition) is 1. The van der Waals surface area contributed by atoms with Gasteiger partial charge in [-0.1, -0.05) is 43.5 Å². The molecule has 1 aliphatic carbocycles. The van der Waals surface area contributed by atoms with Crippen LogP contribution in [0.15, 0.2) is 71.8 Å². The summed E-state index contributed by atoms with van der Waals surface area (Å²) in [6, 6.07) is 21.1. The van der Waals surface area contributed by atoms with E-state index in [0.717, 1.165) is 59.6 Å². The topological polar surface area (TPSA) is 94.5 Å². The first kappa shape index (κ1) is 30.2. The number of hydrogen-bond acceptors (Lipinski definition) is 6. The molecule has 3 aromatic rings. The Morgan fingerprint density at radius 2 is 1.52 bits per heavy atom. The molecule has 0 unspecified atom stereocenters. The van der Waals surface area contributed by atoms with Gasteiger partial charge in [0.25, 0.3) is 11.8 Å². The van der Waals surface area contributed by atoms with Crippen molar-refractivity contribution in [3.63, 3.8) is 0 Å². The Morgan fingerprint density at radius 3 is 2.22 bits per heavy atom. The average Bonchev–Trinajstić information content (AvgIpc) is 3.25. The zero-order valence-corrected chi connectivity index (χ0v) is 26.4. The van der Waals surface area contributed by atoms with Crippen molar-refractivity contribution < 1.29 is 19.1 Å². The van der Waals surface area contributed by atoms with E-state index in [1.54, 1.807) is 29.3 Å². The van der Waals surface area contributed by atoms with Crippen LogP contribution in [0.25, 0.3) is 0 Å². The molecule has 0 spiro atoms. The van der Waals surface area contributed by atoms with Crippen molar-refractivity contribution in [2.24, 2.45) is 11.0 Å². The number of nitrogens with zero attached hydrogens (tertiary/aromatic N) is 4. The first-order chi connectivity index (χ1) is 22.5. The molecule has 2 fully saturated rings. The van der Waals surface area contributed by atoms with Crippen LogP contribution in [0.4, 0.5) is 21.9 Å². The molecule has 9 nitrogen and oxygen atoms in total. The molecule has 3 aliphatic heterocycles. The third-order valence-electron chi connectivity index (χ3n) is 9.69. The summed E-state index contributed by atoms with van der Waals surface area (Å²) in [5.74, 6) is -0.127. The number of fused-ring (bicyclic) bond motifs is 2. The van der Waals surface area contributed by atoms with E-state index in [-0.39, 0.29) is 23.9 Å². The molecule has 4 aliphatic rings. The summed E-state index contributed by atoms with van der Waals surface area (Å²) in [7, 11) is 0. The number of carbonyl (C=O) groups is 3. The van der Waals surface area contributed by atoms with Gasteiger partial charge in [0.15, 0.2) is 0 Å². The van der Waals surface area contributed by atoms with E-state index in [9.17, 15) is 14.4 Å². The summed E-state index contributed by atoms with van der Waals surface area (Å²) in [4.78, 5) is 43.1. The van der Waals surface area contributed by atoms with Crippen molar-refractivity contribution in [1.29, 1.82) is 0 Å². The largest absolute Gasteiger partial charge is 0.385 e. The van der Waals surface area contributed by atoms with Gasteiger partial charge in [-0.3, -0.25) is 19.4 Å². The highest BCUT2D eigenvalue weighted by Crippen LogP contribution is 2.39. The monoisotopic (exact) mass is 619 g/mol. The SMILES string of the molecule is Cc1ccc2c(c1)N(c1ccc(NCCCN3C(=O)c4ccccc4C3=O)cc1)C(=O)N(C1CCOCC1)N=C2C1CCCCC1. The Hall–Kier alpha value is -4.50. The van der Waals surface area contributed by atoms with Gasteiger partial charge in [-0.15, -0.1) is 0 Å². The minimum atomic E-state index is -0.229. The van der Waals surface area contributed by atoms with Crippen LogP contribution < -0.4 is 10.2 Å². The van der Waals surface area contributed by atoms with Gasteiger partial charge in [0.2, 0.25) is 0 Å². The molecule has 3 aromatic carbocycles. The lowest BCUT2D eigenvalue weighted by Gasteiger charge is -2.33. The maximum Gasteiger partial charge on any atom is 0.349 e. The number of hydrazone groups is 1. The Labute approximate surface area is 270 Å². The summed E-state index contributed by atoms with van der Waals surface area (Å²) < 4.78 is 5.65. The molecule has 0 aromatic heterocycles. The smallest absolute Gasteiger partial charge is 0.349 e. The minimum Gasteiger partial charge on any atom is -0.385 e. The quantitative estimate of drug-likeness (QED) is 0.214. The molecular weight excluding hydrogens is 578 g/mol. The second-order valence-corrected chi connectivity index (χ2v) is 12.8. The van der Waals surface area contributed by atoms with E-state index in [2.05, 4.69) is 30.4 Å². The lowest BCUT2D eigenvalue weighted by Crippen LogP contribution is -2.45. The second kappa shape index (κ2) is 13.1. The van der Waals surface area contributed by atoms with E-state index in [4.69, 9.17) is 9.84 Å². The number of amides is 4. The lowest BCUT2D eigenvalue weighted by molar-refractivity contribution is 0.0480. The number of rotatable bonds is 8. The second-order valence-electron chi connectivity index (χ2n) is 12.8. The number of anilines is 3. The van der Waals surface area contributed by atoms with E-state index in [0.29, 0.717) is 49.8 Å². The fraction of sp³-hybridized carbons (Fsp3) is 0.405. The Morgan fingerprint density at radius 1 is 0.826 bits per heavy atom. The third kappa shape index (κ3) is 5.80. The molecule has 0 bridgehead atoms. The molecule has 4 amide bonds. The van der Waals surface area contributed by atoms with Crippen LogP contribution in [0.2, 0.25) is 0 Å². The van der Waals surface area contributed by atoms with Crippen LogP contribution in [-0.2, 0) is 4.74 Å². The van der Waals surface area contributed by atoms with Gasteiger partial charge in [0.1, 0.15) is 0 Å². The van der Waals surface area contributed by atoms with Crippen molar-refractivity contribution >= 4 is 40.6 Å². The highest BCUT2D eigenvalue weighted by Gasteiger charge is 2.38. The van der Waals surface area contributed by atoms with Gasteiger partial charge in [-0.2, -0.15) is 5.10 Å². The van der Waals surface area contributed by atoms with Crippen molar-refractivity contribution in [2.45, 2.75) is 64.3 Å². The molecule has 7 rings (SSSR count). The minimum absolute atomic E-state index is 0.0131. The molecule has 46 heavy (non-hydrogen) atoms. The normalized spacial score (nSPS) is 19.2. The van der Waals surface area contributed by atoms with Gasteiger partial charge < -0.3 is 10.1 Å². The number of ether oxygens (including phenoxy) is 1. The fourth-order valence-corrected chi connectivity index (χ4v) is 7.20. The van der Waals surface area contributed by atoms with Crippen molar-refractivity contribution in [2.75, 3.05) is 36.5 Å². The van der Waals surface area contributed by atoms with Gasteiger partial charge in [0.05, 0.1) is 34.3 Å². The highest BCUT2D eigenvalue weighted by molar-refractivity contribution is 6.21. The number of imide groups is 1. The van der Waals surface area contributed by atoms with E-state index in [1.807, 2.05) is 29.2 Å². The average molecular weight is 620 g/mol. The number of nitrogens with one attached hydrogen (secondary N) is 1. The first-order valence-electron chi connectivity index (χ1n) is 16.7. The van der Waals surface area contributed by atoms with E-state index in [1.165, 1.54) is 24.2 Å². The summed E-state index contributed by atoms with van der Waals surface area (Å²) in [6.45, 7) is 4.26. The van der Waals surface area contributed by atoms with Crippen molar-refractivity contribution in [3.05, 3.63) is 89.0 Å². The molecule has 0 radical (unpaired) electrons. The van der Waals surface area contributed by atoms with E-state index < -0.39 is 0 Å². The van der Waals surface area contributed by atoms with Crippen molar-refractivity contribution in [3.8, 4) is 0 Å². The number of benzene rings is 3. The highest BCUT2D eigenvalue weighted by atomic mass is 16.5. The summed E-state index contributed by atoms with van der Waals surface area (Å²) in [5, 5.41) is 10.4. The molecule has 1 saturated heterocycles. The molecule has 0 atom stereocenters. The zero-order chi connectivity index (χ0) is 31.6. The van der Waals surface area contributed by atoms with Crippen LogP contribution in [0.1, 0.15) is 83.2 Å². The molecule has 3 heterocycles. The third-order valence-corrected chi connectivity index (χ3v) is 9.69. The van der Waals surface area contributed by atoms with Crippen LogP contribution in [-0.4, -0.2) is 65.8 Å². The number of aryl methyl sites for hydroxylation is 1. The predicted molar refractivity (Wildman–Crippen MR) is 179 cm³/mol. The van der Waals surface area contributed by atoms with Crippen LogP contribution in [0.3, 0.4) is 0 Å². The number of carbonyl (C=O) groups excluding carboxylic acids is 3. The Bertz CT molecular complexity index is 1620. The van der Waals surface area contributed by atoms with E-state index >= 15 is 0 Å². The van der Waals surface area contributed by atoms with Crippen LogP contribution >= 0.6 is 0 Å². The van der Waals surface area contributed by atoms with Gasteiger partial charge in [-0.05, 0) is 87.1 Å². The lowest BCUT2D eigenvalue weighted by atomic mass is 9.82. The van der Waals surface area contributed by atoms with Gasteiger partial charge >= 0.3 is 6.03 Å². The molecule has 238 valence electrons. The summed E-state index contributed by atoms with van der Waals surface area (Å²) in [6.07, 6.45) is 7.96. The molecule has 1 N–H and O–H groups in total. The number of urea groups is 1. The predicted octanol–water partition coefficient (Wildman–Crippen LogP) is 7.13. The van der Waals surface area contributed by atoms with Gasteiger partial charge in [-0.25, -0.2) is 9.80 Å². The molecule has 9 heteroatoms. The maximum absolute atomic E-state index is 14.5. The Balaban J connectivity index is 1.11. The van der Waals surface area contributed by atoms with Crippen LogP contribution in [0, 0.1) is 12.8 Å². The first-order valence-corrected chi connectivity index (χ1v) is 16.7. The zero-order valence-electron chi connectivity index (χ0n) is 26.4. The Kier molecular flexibility index (Phi) is 8.58. The molecular formula is C37H41N5O4. The van der Waals surface area contributed by atoms with Crippen LogP contribution in [0.5, 0.6) is 0 Å². The standard InChI is InChI=1S/C37H41N5O4/c1-25-12-17-32-33(24-25)41(37(45)42(29-18-22-46-23-19-29)39-34(32)26-8-3-2-4-9-26)28-15-13-27(14-16-28)38-20-7-21-40-35(43)30-10-5-6-11-31(30)36(40)44/h5-6,10-17,24,26,29,38H,2-4,7-9,18-23H2,1H3. The van der Waals surface area contributed by atoms with Crippen molar-refractivity contribution in [1.82, 2.24) is 9.91 Å². The summed E-state index contributed by atoms with van der Waals surface area (Å²) >= 11 is 0. The summed E-state index contributed by atoms with van der Waals surface area (Å²) in [5.41, 5.74) is 6.68. The fourth-order valence-electron chi connectivity index (χ4n) is 7.20. The van der Waals surface area contributed by atoms with Gasteiger partial charge in [0, 0.05) is 43.5 Å². The molecule has 1 saturated carbocycles. The maximum atomic E-state index is 14.5.